The average molecular weight is 190 g/mol. The second kappa shape index (κ2) is 3.07. The summed E-state index contributed by atoms with van der Waals surface area (Å²) in [6.07, 6.45) is 1.32. The van der Waals surface area contributed by atoms with E-state index in [-0.39, 0.29) is 12.4 Å². The molecule has 1 fully saturated rings. The molecule has 2 aliphatic rings. The van der Waals surface area contributed by atoms with Gasteiger partial charge in [-0.15, -0.1) is 0 Å². The lowest BCUT2D eigenvalue weighted by Crippen LogP contribution is -2.30. The molecular weight excluding hydrogens is 176 g/mol. The largest absolute Gasteiger partial charge is 0.353 e. The third-order valence-corrected chi connectivity index (χ3v) is 3.16. The molecule has 1 aliphatic heterocycles. The second-order valence-electron chi connectivity index (χ2n) is 4.12. The van der Waals surface area contributed by atoms with E-state index in [1.807, 2.05) is 6.92 Å². The number of hydrogen-bond acceptors (Lipinski definition) is 2. The smallest absolute Gasteiger partial charge is 0.155 e. The van der Waals surface area contributed by atoms with Crippen molar-refractivity contribution in [3.05, 3.63) is 35.4 Å². The molecule has 0 unspecified atom stereocenters. The van der Waals surface area contributed by atoms with Crippen molar-refractivity contribution < 1.29 is 9.47 Å². The topological polar surface area (TPSA) is 18.5 Å². The first-order valence-electron chi connectivity index (χ1n) is 5.19. The standard InChI is InChI=1S/C12H14O2/c1-8-13-7-10-6-9-4-2-3-5-11(9)12(10)14-8/h2-5,8,10,12H,6-7H2,1H3/t8-,10-,12+/m1/s1. The van der Waals surface area contributed by atoms with E-state index in [0.717, 1.165) is 13.0 Å². The highest BCUT2D eigenvalue weighted by Gasteiger charge is 2.37. The molecule has 1 saturated heterocycles. The van der Waals surface area contributed by atoms with Crippen LogP contribution in [-0.4, -0.2) is 12.9 Å². The number of fused-ring (bicyclic) bond motifs is 3. The summed E-state index contributed by atoms with van der Waals surface area (Å²) in [5, 5.41) is 0. The van der Waals surface area contributed by atoms with Crippen molar-refractivity contribution in [2.45, 2.75) is 25.7 Å². The van der Waals surface area contributed by atoms with Gasteiger partial charge in [-0.3, -0.25) is 0 Å². The van der Waals surface area contributed by atoms with Gasteiger partial charge in [0.25, 0.3) is 0 Å². The molecule has 2 nitrogen and oxygen atoms in total. The number of hydrogen-bond donors (Lipinski definition) is 0. The highest BCUT2D eigenvalue weighted by atomic mass is 16.7. The molecule has 0 spiro atoms. The van der Waals surface area contributed by atoms with Gasteiger partial charge >= 0.3 is 0 Å². The zero-order valence-corrected chi connectivity index (χ0v) is 8.27. The van der Waals surface area contributed by atoms with Crippen molar-refractivity contribution in [2.24, 2.45) is 5.92 Å². The molecular formula is C12H14O2. The molecule has 1 aliphatic carbocycles. The van der Waals surface area contributed by atoms with Crippen molar-refractivity contribution in [2.75, 3.05) is 6.61 Å². The van der Waals surface area contributed by atoms with Crippen LogP contribution in [0.15, 0.2) is 24.3 Å². The molecule has 74 valence electrons. The van der Waals surface area contributed by atoms with E-state index >= 15 is 0 Å². The van der Waals surface area contributed by atoms with E-state index in [1.54, 1.807) is 0 Å². The minimum Gasteiger partial charge on any atom is -0.353 e. The normalized spacial score (nSPS) is 35.1. The van der Waals surface area contributed by atoms with Gasteiger partial charge in [-0.05, 0) is 24.5 Å². The molecule has 1 aromatic rings. The Kier molecular flexibility index (Phi) is 1.85. The van der Waals surface area contributed by atoms with Crippen LogP contribution in [0.4, 0.5) is 0 Å². The van der Waals surface area contributed by atoms with E-state index in [4.69, 9.17) is 9.47 Å². The van der Waals surface area contributed by atoms with Crippen LogP contribution in [0.5, 0.6) is 0 Å². The van der Waals surface area contributed by atoms with Crippen LogP contribution in [-0.2, 0) is 15.9 Å². The van der Waals surface area contributed by atoms with Crippen molar-refractivity contribution in [3.8, 4) is 0 Å². The minimum absolute atomic E-state index is 0.0533. The molecule has 3 atom stereocenters. The summed E-state index contributed by atoms with van der Waals surface area (Å²) in [4.78, 5) is 0. The maximum atomic E-state index is 5.81. The third-order valence-electron chi connectivity index (χ3n) is 3.16. The van der Waals surface area contributed by atoms with E-state index in [2.05, 4.69) is 24.3 Å². The Labute approximate surface area is 83.8 Å². The first-order chi connectivity index (χ1) is 6.84. The summed E-state index contributed by atoms with van der Waals surface area (Å²) in [7, 11) is 0. The molecule has 0 N–H and O–H groups in total. The van der Waals surface area contributed by atoms with Crippen LogP contribution in [0.2, 0.25) is 0 Å². The summed E-state index contributed by atoms with van der Waals surface area (Å²) < 4.78 is 11.3. The number of rotatable bonds is 0. The third kappa shape index (κ3) is 1.18. The highest BCUT2D eigenvalue weighted by molar-refractivity contribution is 5.35. The molecule has 1 aromatic carbocycles. The zero-order chi connectivity index (χ0) is 9.54. The maximum Gasteiger partial charge on any atom is 0.155 e. The van der Waals surface area contributed by atoms with Crippen LogP contribution < -0.4 is 0 Å². The highest BCUT2D eigenvalue weighted by Crippen LogP contribution is 2.41. The first kappa shape index (κ1) is 8.45. The summed E-state index contributed by atoms with van der Waals surface area (Å²) in [5.41, 5.74) is 2.80. The summed E-state index contributed by atoms with van der Waals surface area (Å²) in [5.74, 6) is 0.531. The first-order valence-corrected chi connectivity index (χ1v) is 5.19. The van der Waals surface area contributed by atoms with E-state index < -0.39 is 0 Å². The Morgan fingerprint density at radius 3 is 3.07 bits per heavy atom. The maximum absolute atomic E-state index is 5.81. The Hall–Kier alpha value is -0.860. The molecule has 0 amide bonds. The van der Waals surface area contributed by atoms with Gasteiger partial charge in [-0.1, -0.05) is 24.3 Å². The number of benzene rings is 1. The summed E-state index contributed by atoms with van der Waals surface area (Å²) >= 11 is 0. The Morgan fingerprint density at radius 2 is 2.14 bits per heavy atom. The van der Waals surface area contributed by atoms with E-state index in [0.29, 0.717) is 5.92 Å². The van der Waals surface area contributed by atoms with Gasteiger partial charge in [0, 0.05) is 5.92 Å². The van der Waals surface area contributed by atoms with Crippen molar-refractivity contribution in [1.29, 1.82) is 0 Å². The lowest BCUT2D eigenvalue weighted by molar-refractivity contribution is -0.225. The summed E-state index contributed by atoms with van der Waals surface area (Å²) in [6, 6.07) is 8.56. The fourth-order valence-electron chi connectivity index (χ4n) is 2.48. The Bertz CT molecular complexity index is 348. The van der Waals surface area contributed by atoms with Crippen molar-refractivity contribution in [1.82, 2.24) is 0 Å². The van der Waals surface area contributed by atoms with Gasteiger partial charge in [-0.25, -0.2) is 0 Å². The van der Waals surface area contributed by atoms with Gasteiger partial charge in [0.2, 0.25) is 0 Å². The van der Waals surface area contributed by atoms with Gasteiger partial charge in [0.05, 0.1) is 12.7 Å². The molecule has 1 heterocycles. The molecule has 2 heteroatoms. The van der Waals surface area contributed by atoms with Crippen molar-refractivity contribution in [3.63, 3.8) is 0 Å². The van der Waals surface area contributed by atoms with E-state index in [1.165, 1.54) is 11.1 Å². The fourth-order valence-corrected chi connectivity index (χ4v) is 2.48. The lowest BCUT2D eigenvalue weighted by atomic mass is 10.0. The van der Waals surface area contributed by atoms with Gasteiger partial charge in [0.1, 0.15) is 0 Å². The average Bonchev–Trinajstić information content (AvgIpc) is 2.56. The Balaban J connectivity index is 1.97. The second-order valence-corrected chi connectivity index (χ2v) is 4.12. The predicted molar refractivity (Wildman–Crippen MR) is 52.9 cm³/mol. The van der Waals surface area contributed by atoms with Crippen molar-refractivity contribution >= 4 is 0 Å². The van der Waals surface area contributed by atoms with Crippen LogP contribution in [0.3, 0.4) is 0 Å². The fraction of sp³-hybridized carbons (Fsp3) is 0.500. The van der Waals surface area contributed by atoms with Crippen LogP contribution in [0.1, 0.15) is 24.2 Å². The van der Waals surface area contributed by atoms with Crippen LogP contribution in [0, 0.1) is 5.92 Å². The molecule has 0 aromatic heterocycles. The zero-order valence-electron chi connectivity index (χ0n) is 8.27. The van der Waals surface area contributed by atoms with Crippen LogP contribution in [0.25, 0.3) is 0 Å². The van der Waals surface area contributed by atoms with E-state index in [9.17, 15) is 0 Å². The number of ether oxygens (including phenoxy) is 2. The van der Waals surface area contributed by atoms with Crippen LogP contribution >= 0.6 is 0 Å². The molecule has 0 saturated carbocycles. The lowest BCUT2D eigenvalue weighted by Gasteiger charge is -2.31. The SMILES string of the molecule is C[C@@H]1OC[C@H]2Cc3ccccc3[C@H]2O1. The van der Waals surface area contributed by atoms with Gasteiger partial charge in [0.15, 0.2) is 6.29 Å². The van der Waals surface area contributed by atoms with Gasteiger partial charge < -0.3 is 9.47 Å². The van der Waals surface area contributed by atoms with Gasteiger partial charge in [-0.2, -0.15) is 0 Å². The quantitative estimate of drug-likeness (QED) is 0.625. The summed E-state index contributed by atoms with van der Waals surface area (Å²) in [6.45, 7) is 2.80. The Morgan fingerprint density at radius 1 is 1.29 bits per heavy atom. The molecule has 3 rings (SSSR count). The minimum atomic E-state index is -0.0533. The molecule has 0 bridgehead atoms. The molecule has 0 radical (unpaired) electrons. The monoisotopic (exact) mass is 190 g/mol. The predicted octanol–water partition coefficient (Wildman–Crippen LogP) is 2.29. The molecule has 14 heavy (non-hydrogen) atoms.